The lowest BCUT2D eigenvalue weighted by atomic mass is 9.85. The van der Waals surface area contributed by atoms with E-state index in [1.807, 2.05) is 34.6 Å². The molecule has 0 aromatic carbocycles. The summed E-state index contributed by atoms with van der Waals surface area (Å²) in [5.74, 6) is -0.843. The Morgan fingerprint density at radius 1 is 1.11 bits per heavy atom. The van der Waals surface area contributed by atoms with E-state index in [1.54, 1.807) is 6.92 Å². The van der Waals surface area contributed by atoms with Gasteiger partial charge in [-0.05, 0) is 18.8 Å². The van der Waals surface area contributed by atoms with Crippen molar-refractivity contribution >= 4 is 15.2 Å². The van der Waals surface area contributed by atoms with E-state index in [9.17, 15) is 18.0 Å². The lowest BCUT2D eigenvalue weighted by Gasteiger charge is -2.30. The van der Waals surface area contributed by atoms with Crippen LogP contribution in [0.5, 0.6) is 0 Å². The molecule has 2 nitrogen and oxygen atoms in total. The van der Waals surface area contributed by atoms with Crippen LogP contribution in [0.4, 0.5) is 13.2 Å². The molecular formula is C12H24F3O2P. The van der Waals surface area contributed by atoms with E-state index in [0.717, 1.165) is 0 Å². The van der Waals surface area contributed by atoms with E-state index in [1.165, 1.54) is 0 Å². The van der Waals surface area contributed by atoms with Gasteiger partial charge in [-0.1, -0.05) is 34.6 Å². The third-order valence-electron chi connectivity index (χ3n) is 1.73. The largest absolute Gasteiger partial charge is 0.455 e. The SMILES string of the molecule is CC.CC(C)(C)CC(C)(P)C(=O)OCC(F)(F)F. The van der Waals surface area contributed by atoms with Crippen molar-refractivity contribution in [2.45, 2.75) is 59.3 Å². The summed E-state index contributed by atoms with van der Waals surface area (Å²) in [4.78, 5) is 11.4. The van der Waals surface area contributed by atoms with Gasteiger partial charge in [0.05, 0.1) is 5.16 Å². The summed E-state index contributed by atoms with van der Waals surface area (Å²) < 4.78 is 39.8. The van der Waals surface area contributed by atoms with Crippen LogP contribution in [0.25, 0.3) is 0 Å². The van der Waals surface area contributed by atoms with Crippen LogP contribution in [0, 0.1) is 5.41 Å². The van der Waals surface area contributed by atoms with Crippen LogP contribution in [0.3, 0.4) is 0 Å². The van der Waals surface area contributed by atoms with Crippen molar-refractivity contribution in [3.05, 3.63) is 0 Å². The van der Waals surface area contributed by atoms with E-state index in [-0.39, 0.29) is 5.41 Å². The highest BCUT2D eigenvalue weighted by Crippen LogP contribution is 2.34. The topological polar surface area (TPSA) is 26.3 Å². The number of rotatable bonds is 3. The second kappa shape index (κ2) is 7.32. The van der Waals surface area contributed by atoms with E-state index in [0.29, 0.717) is 6.42 Å². The quantitative estimate of drug-likeness (QED) is 0.575. The molecule has 0 aliphatic heterocycles. The van der Waals surface area contributed by atoms with Crippen molar-refractivity contribution in [1.82, 2.24) is 0 Å². The number of carbonyl (C=O) groups excluding carboxylic acids is 1. The van der Waals surface area contributed by atoms with E-state index < -0.39 is 23.9 Å². The van der Waals surface area contributed by atoms with Gasteiger partial charge in [0.15, 0.2) is 6.61 Å². The molecule has 0 aromatic heterocycles. The maximum absolute atomic E-state index is 11.9. The Labute approximate surface area is 110 Å². The lowest BCUT2D eigenvalue weighted by molar-refractivity contribution is -0.188. The zero-order valence-electron chi connectivity index (χ0n) is 11.9. The smallest absolute Gasteiger partial charge is 0.422 e. The zero-order chi connectivity index (χ0) is 15.2. The molecule has 6 heteroatoms. The highest BCUT2D eigenvalue weighted by Gasteiger charge is 2.37. The number of hydrogen-bond acceptors (Lipinski definition) is 2. The average molecular weight is 288 g/mol. The Morgan fingerprint density at radius 2 is 1.50 bits per heavy atom. The molecule has 0 N–H and O–H groups in total. The Morgan fingerprint density at radius 3 is 1.78 bits per heavy atom. The summed E-state index contributed by atoms with van der Waals surface area (Å²) in [5.41, 5.74) is -0.159. The monoisotopic (exact) mass is 288 g/mol. The summed E-state index contributed by atoms with van der Waals surface area (Å²) in [5, 5.41) is -0.983. The minimum Gasteiger partial charge on any atom is -0.455 e. The van der Waals surface area contributed by atoms with Crippen molar-refractivity contribution in [3.8, 4) is 0 Å². The van der Waals surface area contributed by atoms with E-state index in [2.05, 4.69) is 14.0 Å². The van der Waals surface area contributed by atoms with Gasteiger partial charge < -0.3 is 4.74 Å². The molecule has 0 amide bonds. The summed E-state index contributed by atoms with van der Waals surface area (Å²) in [6, 6.07) is 0. The minimum atomic E-state index is -4.47. The number of esters is 1. The molecule has 0 saturated heterocycles. The predicted octanol–water partition coefficient (Wildman–Crippen LogP) is 4.19. The van der Waals surface area contributed by atoms with Crippen molar-refractivity contribution in [1.29, 1.82) is 0 Å². The molecule has 0 aliphatic rings. The molecule has 0 heterocycles. The maximum atomic E-state index is 11.9. The average Bonchev–Trinajstić information content (AvgIpc) is 2.12. The van der Waals surface area contributed by atoms with Gasteiger partial charge in [-0.2, -0.15) is 13.2 Å². The first kappa shape index (κ1) is 20.0. The molecule has 0 aromatic rings. The molecule has 0 saturated carbocycles. The van der Waals surface area contributed by atoms with Crippen LogP contribution >= 0.6 is 9.24 Å². The Kier molecular flexibility index (Phi) is 8.14. The first-order chi connectivity index (χ1) is 7.83. The van der Waals surface area contributed by atoms with Gasteiger partial charge in [-0.25, -0.2) is 0 Å². The molecule has 110 valence electrons. The predicted molar refractivity (Wildman–Crippen MR) is 70.5 cm³/mol. The number of halogens is 3. The number of hydrogen-bond donors (Lipinski definition) is 0. The van der Waals surface area contributed by atoms with Gasteiger partial charge >= 0.3 is 12.1 Å². The molecule has 0 spiro atoms. The molecule has 0 rings (SSSR count). The molecule has 0 fully saturated rings. The van der Waals surface area contributed by atoms with Gasteiger partial charge in [0.25, 0.3) is 0 Å². The van der Waals surface area contributed by atoms with E-state index >= 15 is 0 Å². The number of alkyl halides is 3. The van der Waals surface area contributed by atoms with Crippen molar-refractivity contribution < 1.29 is 22.7 Å². The van der Waals surface area contributed by atoms with Crippen LogP contribution < -0.4 is 0 Å². The Balaban J connectivity index is 0. The standard InChI is InChI=1S/C10H18F3O2P.C2H6/c1-8(2,3)5-9(4,16)7(14)15-6-10(11,12)13;1-2/h5-6,16H2,1-4H3;1-2H3. The second-order valence-corrected chi connectivity index (χ2v) is 6.62. The van der Waals surface area contributed by atoms with Gasteiger partial charge in [0.2, 0.25) is 0 Å². The summed E-state index contributed by atoms with van der Waals surface area (Å²) in [6.45, 7) is 9.76. The van der Waals surface area contributed by atoms with E-state index in [4.69, 9.17) is 0 Å². The summed E-state index contributed by atoms with van der Waals surface area (Å²) >= 11 is 0. The summed E-state index contributed by atoms with van der Waals surface area (Å²) in [7, 11) is 2.27. The van der Waals surface area contributed by atoms with Gasteiger partial charge in [-0.15, -0.1) is 9.24 Å². The normalized spacial score (nSPS) is 15.2. The first-order valence-corrected chi connectivity index (χ1v) is 6.44. The molecule has 2 atom stereocenters. The molecule has 18 heavy (non-hydrogen) atoms. The van der Waals surface area contributed by atoms with Gasteiger partial charge in [0, 0.05) is 0 Å². The molecule has 0 radical (unpaired) electrons. The molecule has 0 aliphatic carbocycles. The maximum Gasteiger partial charge on any atom is 0.422 e. The minimum absolute atomic E-state index is 0.159. The molecule has 2 unspecified atom stereocenters. The zero-order valence-corrected chi connectivity index (χ0v) is 13.1. The fourth-order valence-electron chi connectivity index (χ4n) is 1.49. The lowest BCUT2D eigenvalue weighted by Crippen LogP contribution is -2.36. The summed E-state index contributed by atoms with van der Waals surface area (Å²) in [6.07, 6.45) is -4.04. The van der Waals surface area contributed by atoms with Crippen molar-refractivity contribution in [2.24, 2.45) is 5.41 Å². The van der Waals surface area contributed by atoms with Crippen molar-refractivity contribution in [2.75, 3.05) is 6.61 Å². The van der Waals surface area contributed by atoms with Gasteiger partial charge in [0.1, 0.15) is 0 Å². The third kappa shape index (κ3) is 10.8. The number of ether oxygens (including phenoxy) is 1. The van der Waals surface area contributed by atoms with Crippen LogP contribution in [0.2, 0.25) is 0 Å². The highest BCUT2D eigenvalue weighted by molar-refractivity contribution is 7.20. The fraction of sp³-hybridized carbons (Fsp3) is 0.917. The van der Waals surface area contributed by atoms with Crippen LogP contribution in [0.1, 0.15) is 48.0 Å². The van der Waals surface area contributed by atoms with Gasteiger partial charge in [-0.3, -0.25) is 4.79 Å². The highest BCUT2D eigenvalue weighted by atomic mass is 31.0. The fourth-order valence-corrected chi connectivity index (χ4v) is 2.18. The van der Waals surface area contributed by atoms with Crippen LogP contribution in [-0.4, -0.2) is 23.9 Å². The number of carbonyl (C=O) groups is 1. The van der Waals surface area contributed by atoms with Crippen LogP contribution in [-0.2, 0) is 9.53 Å². The second-order valence-electron chi connectivity index (χ2n) is 5.35. The van der Waals surface area contributed by atoms with Crippen LogP contribution in [0.15, 0.2) is 0 Å². The Bertz CT molecular complexity index is 255. The van der Waals surface area contributed by atoms with Crippen molar-refractivity contribution in [3.63, 3.8) is 0 Å². The molecule has 0 bridgehead atoms. The molecular weight excluding hydrogens is 264 g/mol. The third-order valence-corrected chi connectivity index (χ3v) is 2.17. The first-order valence-electron chi connectivity index (χ1n) is 5.86. The Hall–Kier alpha value is -0.310.